The lowest BCUT2D eigenvalue weighted by atomic mass is 9.93. The van der Waals surface area contributed by atoms with Crippen molar-refractivity contribution >= 4 is 16.3 Å². The summed E-state index contributed by atoms with van der Waals surface area (Å²) in [6.07, 6.45) is 9.38. The number of hydrogen-bond donors (Lipinski definition) is 1. The van der Waals surface area contributed by atoms with E-state index in [0.717, 1.165) is 29.8 Å². The zero-order valence-electron chi connectivity index (χ0n) is 11.8. The molecule has 104 valence electrons. The van der Waals surface area contributed by atoms with E-state index in [-0.39, 0.29) is 0 Å². The molecular weight excluding hydrogens is 254 g/mol. The van der Waals surface area contributed by atoms with Crippen molar-refractivity contribution in [2.24, 2.45) is 11.8 Å². The van der Waals surface area contributed by atoms with E-state index >= 15 is 0 Å². The van der Waals surface area contributed by atoms with Crippen molar-refractivity contribution in [3.05, 3.63) is 23.5 Å². The monoisotopic (exact) mass is 277 g/mol. The van der Waals surface area contributed by atoms with E-state index in [1.165, 1.54) is 25.0 Å². The van der Waals surface area contributed by atoms with Crippen LogP contribution in [0.25, 0.3) is 4.96 Å². The van der Waals surface area contributed by atoms with Crippen molar-refractivity contribution in [1.82, 2.24) is 14.7 Å². The lowest BCUT2D eigenvalue weighted by Gasteiger charge is -2.24. The fourth-order valence-electron chi connectivity index (χ4n) is 2.82. The molecule has 4 heteroatoms. The minimum Gasteiger partial charge on any atom is -0.313 e. The highest BCUT2D eigenvalue weighted by Crippen LogP contribution is 2.38. The largest absolute Gasteiger partial charge is 0.313 e. The number of hydrogen-bond acceptors (Lipinski definition) is 3. The van der Waals surface area contributed by atoms with Gasteiger partial charge in [0.1, 0.15) is 0 Å². The van der Waals surface area contributed by atoms with Crippen LogP contribution >= 0.6 is 11.3 Å². The van der Waals surface area contributed by atoms with E-state index in [0.29, 0.717) is 6.04 Å². The van der Waals surface area contributed by atoms with Gasteiger partial charge in [0, 0.05) is 30.2 Å². The predicted molar refractivity (Wildman–Crippen MR) is 80.7 cm³/mol. The van der Waals surface area contributed by atoms with Gasteiger partial charge in [-0.15, -0.1) is 11.3 Å². The molecule has 3 nitrogen and oxygen atoms in total. The molecule has 0 aromatic carbocycles. The standard InChI is InChI=1S/C15H23N3S/c1-3-6-16-14(11(2)12-4-5-12)9-13-10-18-7-8-19-15(18)17-13/h7-8,10-12,14,16H,3-6,9H2,1-2H3. The molecule has 0 saturated heterocycles. The molecule has 0 spiro atoms. The third-order valence-electron chi connectivity index (χ3n) is 4.23. The molecule has 2 unspecified atom stereocenters. The van der Waals surface area contributed by atoms with Crippen molar-refractivity contribution in [1.29, 1.82) is 0 Å². The zero-order chi connectivity index (χ0) is 13.2. The van der Waals surface area contributed by atoms with Crippen molar-refractivity contribution in [2.75, 3.05) is 6.54 Å². The van der Waals surface area contributed by atoms with Gasteiger partial charge in [0.15, 0.2) is 4.96 Å². The molecule has 1 aliphatic rings. The van der Waals surface area contributed by atoms with E-state index in [1.807, 2.05) is 0 Å². The van der Waals surface area contributed by atoms with Crippen LogP contribution in [0.3, 0.4) is 0 Å². The van der Waals surface area contributed by atoms with Gasteiger partial charge in [-0.1, -0.05) is 13.8 Å². The summed E-state index contributed by atoms with van der Waals surface area (Å²) in [5, 5.41) is 5.82. The van der Waals surface area contributed by atoms with Crippen molar-refractivity contribution in [2.45, 2.75) is 45.6 Å². The molecule has 19 heavy (non-hydrogen) atoms. The zero-order valence-corrected chi connectivity index (χ0v) is 12.6. The Morgan fingerprint density at radius 1 is 1.53 bits per heavy atom. The molecule has 1 aliphatic carbocycles. The van der Waals surface area contributed by atoms with Gasteiger partial charge in [0.25, 0.3) is 0 Å². The molecule has 0 radical (unpaired) electrons. The Morgan fingerprint density at radius 3 is 3.05 bits per heavy atom. The first-order valence-corrected chi connectivity index (χ1v) is 8.30. The van der Waals surface area contributed by atoms with E-state index in [9.17, 15) is 0 Å². The number of rotatable bonds is 7. The summed E-state index contributed by atoms with van der Waals surface area (Å²) in [5.74, 6) is 1.71. The average Bonchev–Trinajstić information content (AvgIpc) is 3.05. The van der Waals surface area contributed by atoms with Crippen LogP contribution in [0.2, 0.25) is 0 Å². The number of fused-ring (bicyclic) bond motifs is 1. The minimum atomic E-state index is 0.581. The summed E-state index contributed by atoms with van der Waals surface area (Å²) in [7, 11) is 0. The highest BCUT2D eigenvalue weighted by Gasteiger charge is 2.33. The van der Waals surface area contributed by atoms with E-state index in [4.69, 9.17) is 4.98 Å². The lowest BCUT2D eigenvalue weighted by molar-refractivity contribution is 0.338. The Morgan fingerprint density at radius 2 is 2.37 bits per heavy atom. The average molecular weight is 277 g/mol. The van der Waals surface area contributed by atoms with E-state index < -0.39 is 0 Å². The van der Waals surface area contributed by atoms with Gasteiger partial charge in [-0.25, -0.2) is 4.98 Å². The summed E-state index contributed by atoms with van der Waals surface area (Å²) >= 11 is 1.71. The Bertz CT molecular complexity index is 498. The first-order chi connectivity index (χ1) is 9.28. The molecule has 0 bridgehead atoms. The molecule has 2 aromatic heterocycles. The molecule has 1 N–H and O–H groups in total. The Kier molecular flexibility index (Phi) is 3.89. The molecule has 1 saturated carbocycles. The van der Waals surface area contributed by atoms with Crippen LogP contribution in [0.4, 0.5) is 0 Å². The molecule has 2 heterocycles. The van der Waals surface area contributed by atoms with Gasteiger partial charge in [-0.2, -0.15) is 0 Å². The fraction of sp³-hybridized carbons (Fsp3) is 0.667. The maximum absolute atomic E-state index is 4.72. The summed E-state index contributed by atoms with van der Waals surface area (Å²) < 4.78 is 2.14. The van der Waals surface area contributed by atoms with Gasteiger partial charge in [0.05, 0.1) is 5.69 Å². The Labute approximate surface area is 119 Å². The van der Waals surface area contributed by atoms with Gasteiger partial charge in [-0.3, -0.25) is 4.40 Å². The van der Waals surface area contributed by atoms with Crippen LogP contribution in [0.5, 0.6) is 0 Å². The second-order valence-corrected chi connectivity index (χ2v) is 6.66. The lowest BCUT2D eigenvalue weighted by Crippen LogP contribution is -2.38. The molecule has 1 fully saturated rings. The van der Waals surface area contributed by atoms with Crippen LogP contribution in [0, 0.1) is 11.8 Å². The van der Waals surface area contributed by atoms with Crippen LogP contribution in [0.1, 0.15) is 38.8 Å². The topological polar surface area (TPSA) is 29.3 Å². The third kappa shape index (κ3) is 3.00. The number of imidazole rings is 1. The smallest absolute Gasteiger partial charge is 0.193 e. The minimum absolute atomic E-state index is 0.581. The predicted octanol–water partition coefficient (Wildman–Crippen LogP) is 3.35. The summed E-state index contributed by atoms with van der Waals surface area (Å²) in [6.45, 7) is 5.76. The maximum atomic E-state index is 4.72. The molecule has 3 rings (SSSR count). The van der Waals surface area contributed by atoms with Crippen molar-refractivity contribution in [3.63, 3.8) is 0 Å². The molecule has 2 atom stereocenters. The SMILES string of the molecule is CCCNC(Cc1cn2ccsc2n1)C(C)C1CC1. The number of thiazole rings is 1. The van der Waals surface area contributed by atoms with Crippen LogP contribution in [-0.4, -0.2) is 22.0 Å². The van der Waals surface area contributed by atoms with E-state index in [2.05, 4.69) is 41.3 Å². The number of nitrogens with zero attached hydrogens (tertiary/aromatic N) is 2. The van der Waals surface area contributed by atoms with Crippen LogP contribution in [0.15, 0.2) is 17.8 Å². The second-order valence-electron chi connectivity index (χ2n) is 5.79. The highest BCUT2D eigenvalue weighted by molar-refractivity contribution is 7.15. The normalized spacial score (nSPS) is 18.8. The number of nitrogens with one attached hydrogen (secondary N) is 1. The van der Waals surface area contributed by atoms with Crippen molar-refractivity contribution < 1.29 is 0 Å². The molecule has 2 aromatic rings. The third-order valence-corrected chi connectivity index (χ3v) is 5.00. The van der Waals surface area contributed by atoms with Gasteiger partial charge < -0.3 is 5.32 Å². The molecule has 0 amide bonds. The highest BCUT2D eigenvalue weighted by atomic mass is 32.1. The van der Waals surface area contributed by atoms with Gasteiger partial charge >= 0.3 is 0 Å². The second kappa shape index (κ2) is 5.63. The van der Waals surface area contributed by atoms with Gasteiger partial charge in [-0.05, 0) is 37.6 Å². The van der Waals surface area contributed by atoms with E-state index in [1.54, 1.807) is 11.3 Å². The van der Waals surface area contributed by atoms with Crippen molar-refractivity contribution in [3.8, 4) is 0 Å². The van der Waals surface area contributed by atoms with Gasteiger partial charge in [0.2, 0.25) is 0 Å². The Hall–Kier alpha value is -0.870. The molecular formula is C15H23N3S. The first kappa shape index (κ1) is 13.1. The molecule has 0 aliphatic heterocycles. The first-order valence-electron chi connectivity index (χ1n) is 7.42. The fourth-order valence-corrected chi connectivity index (χ4v) is 3.54. The van der Waals surface area contributed by atoms with Crippen LogP contribution < -0.4 is 5.32 Å². The summed E-state index contributed by atoms with van der Waals surface area (Å²) in [4.78, 5) is 5.84. The van der Waals surface area contributed by atoms with Crippen LogP contribution in [-0.2, 0) is 6.42 Å². The quantitative estimate of drug-likeness (QED) is 0.841. The summed E-state index contributed by atoms with van der Waals surface area (Å²) in [6, 6.07) is 0.581. The Balaban J connectivity index is 1.69. The number of aromatic nitrogens is 2. The summed E-state index contributed by atoms with van der Waals surface area (Å²) in [5.41, 5.74) is 1.23. The maximum Gasteiger partial charge on any atom is 0.193 e.